The van der Waals surface area contributed by atoms with Crippen molar-refractivity contribution in [3.8, 4) is 11.3 Å². The normalized spacial score (nSPS) is 10.8. The SMILES string of the molecule is CNc1cccc(-c2ccnc3c(C(=O)c4ccccc4)cnn23)c1. The van der Waals surface area contributed by atoms with Gasteiger partial charge in [0.05, 0.1) is 17.5 Å². The number of nitrogens with zero attached hydrogens (tertiary/aromatic N) is 3. The number of nitrogens with one attached hydrogen (secondary N) is 1. The van der Waals surface area contributed by atoms with Crippen molar-refractivity contribution in [2.24, 2.45) is 0 Å². The minimum atomic E-state index is -0.0794. The first kappa shape index (κ1) is 15.1. The summed E-state index contributed by atoms with van der Waals surface area (Å²) in [6.45, 7) is 0. The summed E-state index contributed by atoms with van der Waals surface area (Å²) in [7, 11) is 1.88. The summed E-state index contributed by atoms with van der Waals surface area (Å²) < 4.78 is 1.71. The van der Waals surface area contributed by atoms with E-state index >= 15 is 0 Å². The molecule has 0 unspecified atom stereocenters. The molecule has 0 amide bonds. The molecule has 4 aromatic rings. The van der Waals surface area contributed by atoms with E-state index in [9.17, 15) is 4.79 Å². The monoisotopic (exact) mass is 328 g/mol. The van der Waals surface area contributed by atoms with Crippen LogP contribution in [-0.2, 0) is 0 Å². The summed E-state index contributed by atoms with van der Waals surface area (Å²) >= 11 is 0. The van der Waals surface area contributed by atoms with Gasteiger partial charge in [-0.05, 0) is 18.2 Å². The second-order valence-corrected chi connectivity index (χ2v) is 5.65. The molecular weight excluding hydrogens is 312 g/mol. The largest absolute Gasteiger partial charge is 0.388 e. The highest BCUT2D eigenvalue weighted by Crippen LogP contribution is 2.24. The zero-order valence-electron chi connectivity index (χ0n) is 13.7. The lowest BCUT2D eigenvalue weighted by atomic mass is 10.1. The van der Waals surface area contributed by atoms with Crippen LogP contribution in [0.2, 0.25) is 0 Å². The van der Waals surface area contributed by atoms with Crippen molar-refractivity contribution in [1.29, 1.82) is 0 Å². The average molecular weight is 328 g/mol. The molecule has 1 N–H and O–H groups in total. The Kier molecular flexibility index (Phi) is 3.74. The van der Waals surface area contributed by atoms with E-state index < -0.39 is 0 Å². The van der Waals surface area contributed by atoms with Gasteiger partial charge >= 0.3 is 0 Å². The van der Waals surface area contributed by atoms with Crippen molar-refractivity contribution in [2.75, 3.05) is 12.4 Å². The summed E-state index contributed by atoms with van der Waals surface area (Å²) in [5, 5.41) is 7.54. The van der Waals surface area contributed by atoms with Gasteiger partial charge in [0.25, 0.3) is 0 Å². The van der Waals surface area contributed by atoms with E-state index in [0.29, 0.717) is 16.8 Å². The third kappa shape index (κ3) is 2.65. The molecule has 5 heteroatoms. The van der Waals surface area contributed by atoms with Crippen molar-refractivity contribution < 1.29 is 4.79 Å². The van der Waals surface area contributed by atoms with Crippen LogP contribution in [0.1, 0.15) is 15.9 Å². The van der Waals surface area contributed by atoms with Crippen LogP contribution in [0.3, 0.4) is 0 Å². The second-order valence-electron chi connectivity index (χ2n) is 5.65. The highest BCUT2D eigenvalue weighted by Gasteiger charge is 2.17. The number of carbonyl (C=O) groups excluding carboxylic acids is 1. The molecule has 0 saturated carbocycles. The Labute approximate surface area is 145 Å². The van der Waals surface area contributed by atoms with Gasteiger partial charge in [0.2, 0.25) is 0 Å². The lowest BCUT2D eigenvalue weighted by Crippen LogP contribution is -2.02. The molecule has 0 aliphatic rings. The van der Waals surface area contributed by atoms with Crippen molar-refractivity contribution in [3.63, 3.8) is 0 Å². The van der Waals surface area contributed by atoms with Gasteiger partial charge in [0.1, 0.15) is 0 Å². The van der Waals surface area contributed by atoms with E-state index in [4.69, 9.17) is 0 Å². The third-order valence-corrected chi connectivity index (χ3v) is 4.13. The summed E-state index contributed by atoms with van der Waals surface area (Å²) in [4.78, 5) is 17.1. The fourth-order valence-electron chi connectivity index (χ4n) is 2.85. The summed E-state index contributed by atoms with van der Waals surface area (Å²) in [5.41, 5.74) is 4.58. The number of ketones is 1. The van der Waals surface area contributed by atoms with Crippen molar-refractivity contribution in [3.05, 3.63) is 84.2 Å². The molecule has 0 fully saturated rings. The minimum Gasteiger partial charge on any atom is -0.388 e. The number of benzene rings is 2. The van der Waals surface area contributed by atoms with Gasteiger partial charge in [0.15, 0.2) is 11.4 Å². The van der Waals surface area contributed by atoms with Crippen LogP contribution in [0, 0.1) is 0 Å². The van der Waals surface area contributed by atoms with Gasteiger partial charge in [-0.15, -0.1) is 0 Å². The average Bonchev–Trinajstić information content (AvgIpc) is 3.12. The summed E-state index contributed by atoms with van der Waals surface area (Å²) in [6, 6.07) is 19.1. The molecule has 2 aromatic carbocycles. The number of carbonyl (C=O) groups is 1. The fourth-order valence-corrected chi connectivity index (χ4v) is 2.85. The van der Waals surface area contributed by atoms with E-state index in [1.165, 1.54) is 0 Å². The van der Waals surface area contributed by atoms with Crippen LogP contribution >= 0.6 is 0 Å². The van der Waals surface area contributed by atoms with Gasteiger partial charge in [-0.1, -0.05) is 42.5 Å². The molecule has 0 aliphatic carbocycles. The number of anilines is 1. The van der Waals surface area contributed by atoms with Crippen LogP contribution in [0.4, 0.5) is 5.69 Å². The molecule has 0 spiro atoms. The molecule has 0 atom stereocenters. The number of hydrogen-bond acceptors (Lipinski definition) is 4. The Morgan fingerprint density at radius 2 is 1.88 bits per heavy atom. The molecule has 2 heterocycles. The van der Waals surface area contributed by atoms with Gasteiger partial charge in [0, 0.05) is 30.1 Å². The molecule has 0 radical (unpaired) electrons. The zero-order chi connectivity index (χ0) is 17.2. The van der Waals surface area contributed by atoms with Crippen molar-refractivity contribution >= 4 is 17.1 Å². The van der Waals surface area contributed by atoms with Crippen LogP contribution in [0.25, 0.3) is 16.9 Å². The van der Waals surface area contributed by atoms with Gasteiger partial charge < -0.3 is 5.32 Å². The number of aromatic nitrogens is 3. The first-order valence-corrected chi connectivity index (χ1v) is 7.98. The van der Waals surface area contributed by atoms with E-state index in [1.54, 1.807) is 29.0 Å². The molecule has 122 valence electrons. The highest BCUT2D eigenvalue weighted by atomic mass is 16.1. The molecule has 5 nitrogen and oxygen atoms in total. The smallest absolute Gasteiger partial charge is 0.198 e. The standard InChI is InChI=1S/C20H16N4O/c1-21-16-9-5-8-15(12-16)18-10-11-22-20-17(13-23-24(18)20)19(25)14-6-3-2-4-7-14/h2-13,21H,1H3. The highest BCUT2D eigenvalue weighted by molar-refractivity contribution is 6.12. The zero-order valence-corrected chi connectivity index (χ0v) is 13.7. The van der Waals surface area contributed by atoms with Gasteiger partial charge in [-0.2, -0.15) is 5.10 Å². The predicted octanol–water partition coefficient (Wildman–Crippen LogP) is 3.67. The predicted molar refractivity (Wildman–Crippen MR) is 97.8 cm³/mol. The molecular formula is C20H16N4O. The Morgan fingerprint density at radius 3 is 2.68 bits per heavy atom. The molecule has 0 saturated heterocycles. The third-order valence-electron chi connectivity index (χ3n) is 4.13. The molecule has 25 heavy (non-hydrogen) atoms. The molecule has 2 aromatic heterocycles. The number of hydrogen-bond donors (Lipinski definition) is 1. The second kappa shape index (κ2) is 6.20. The molecule has 0 bridgehead atoms. The molecule has 4 rings (SSSR count). The topological polar surface area (TPSA) is 59.3 Å². The van der Waals surface area contributed by atoms with E-state index in [1.807, 2.05) is 55.6 Å². The quantitative estimate of drug-likeness (QED) is 0.581. The lowest BCUT2D eigenvalue weighted by molar-refractivity contribution is 0.104. The Balaban J connectivity index is 1.85. The Morgan fingerprint density at radius 1 is 1.04 bits per heavy atom. The van der Waals surface area contributed by atoms with Crippen LogP contribution < -0.4 is 5.32 Å². The summed E-state index contributed by atoms with van der Waals surface area (Å²) in [5.74, 6) is -0.0794. The Bertz CT molecular complexity index is 1050. The maximum atomic E-state index is 12.8. The van der Waals surface area contributed by atoms with E-state index in [2.05, 4.69) is 15.4 Å². The maximum absolute atomic E-state index is 12.8. The van der Waals surface area contributed by atoms with Crippen LogP contribution in [0.15, 0.2) is 73.1 Å². The van der Waals surface area contributed by atoms with Crippen LogP contribution in [0.5, 0.6) is 0 Å². The maximum Gasteiger partial charge on any atom is 0.198 e. The van der Waals surface area contributed by atoms with E-state index in [0.717, 1.165) is 16.9 Å². The van der Waals surface area contributed by atoms with Gasteiger partial charge in [-0.25, -0.2) is 9.50 Å². The van der Waals surface area contributed by atoms with Crippen molar-refractivity contribution in [2.45, 2.75) is 0 Å². The van der Waals surface area contributed by atoms with Crippen molar-refractivity contribution in [1.82, 2.24) is 14.6 Å². The number of fused-ring (bicyclic) bond motifs is 1. The number of rotatable bonds is 4. The van der Waals surface area contributed by atoms with Crippen LogP contribution in [-0.4, -0.2) is 27.4 Å². The van der Waals surface area contributed by atoms with E-state index in [-0.39, 0.29) is 5.78 Å². The molecule has 0 aliphatic heterocycles. The minimum absolute atomic E-state index is 0.0794. The Hall–Kier alpha value is -3.47. The van der Waals surface area contributed by atoms with Gasteiger partial charge in [-0.3, -0.25) is 4.79 Å². The first-order chi connectivity index (χ1) is 12.3. The first-order valence-electron chi connectivity index (χ1n) is 7.98. The lowest BCUT2D eigenvalue weighted by Gasteiger charge is -2.07. The summed E-state index contributed by atoms with van der Waals surface area (Å²) in [6.07, 6.45) is 3.29. The fraction of sp³-hybridized carbons (Fsp3) is 0.0500.